The number of hydrogen-bond acceptors (Lipinski definition) is 2. The standard InChI is InChI=1S/C12H12ClF3N2/c1-18(5-4-12(14,15)16)8-10-3-2-9(7-17)6-11(10)13/h2-3,6H,4-5,8H2,1H3. The van der Waals surface area contributed by atoms with E-state index in [-0.39, 0.29) is 6.54 Å². The van der Waals surface area contributed by atoms with Gasteiger partial charge < -0.3 is 4.90 Å². The molecule has 0 saturated carbocycles. The van der Waals surface area contributed by atoms with Crippen molar-refractivity contribution >= 4 is 11.6 Å². The molecular formula is C12H12ClF3N2. The Labute approximate surface area is 109 Å². The Morgan fingerprint density at radius 1 is 1.39 bits per heavy atom. The largest absolute Gasteiger partial charge is 0.390 e. The number of halogens is 4. The van der Waals surface area contributed by atoms with Gasteiger partial charge in [0, 0.05) is 18.1 Å². The molecular weight excluding hydrogens is 265 g/mol. The topological polar surface area (TPSA) is 27.0 Å². The van der Waals surface area contributed by atoms with Gasteiger partial charge in [0.1, 0.15) is 0 Å². The van der Waals surface area contributed by atoms with Crippen molar-refractivity contribution in [2.24, 2.45) is 0 Å². The van der Waals surface area contributed by atoms with Crippen molar-refractivity contribution in [3.05, 3.63) is 34.3 Å². The van der Waals surface area contributed by atoms with Crippen molar-refractivity contribution in [3.8, 4) is 6.07 Å². The van der Waals surface area contributed by atoms with E-state index in [2.05, 4.69) is 0 Å². The number of alkyl halides is 3. The smallest absolute Gasteiger partial charge is 0.302 e. The minimum absolute atomic E-state index is 0.0835. The maximum atomic E-state index is 12.0. The molecule has 0 aliphatic rings. The monoisotopic (exact) mass is 276 g/mol. The molecule has 0 amide bonds. The van der Waals surface area contributed by atoms with Gasteiger partial charge in [0.15, 0.2) is 0 Å². The lowest BCUT2D eigenvalue weighted by molar-refractivity contribution is -0.137. The predicted molar refractivity (Wildman–Crippen MR) is 63.2 cm³/mol. The average Bonchev–Trinajstić information content (AvgIpc) is 2.28. The maximum Gasteiger partial charge on any atom is 0.390 e. The summed E-state index contributed by atoms with van der Waals surface area (Å²) in [6.07, 6.45) is -5.00. The summed E-state index contributed by atoms with van der Waals surface area (Å²) >= 11 is 5.94. The zero-order valence-electron chi connectivity index (χ0n) is 9.76. The van der Waals surface area contributed by atoms with Crippen molar-refractivity contribution in [2.45, 2.75) is 19.1 Å². The molecule has 0 saturated heterocycles. The van der Waals surface area contributed by atoms with Crippen molar-refractivity contribution in [1.82, 2.24) is 4.90 Å². The summed E-state index contributed by atoms with van der Waals surface area (Å²) in [5, 5.41) is 9.06. The molecule has 1 aromatic rings. The van der Waals surface area contributed by atoms with Gasteiger partial charge in [-0.3, -0.25) is 0 Å². The molecule has 0 aliphatic heterocycles. The first-order chi connectivity index (χ1) is 8.31. The first-order valence-corrected chi connectivity index (χ1v) is 5.63. The minimum atomic E-state index is -4.15. The first kappa shape index (κ1) is 14.8. The molecule has 98 valence electrons. The van der Waals surface area contributed by atoms with E-state index in [1.165, 1.54) is 6.07 Å². The fraction of sp³-hybridized carbons (Fsp3) is 0.417. The van der Waals surface area contributed by atoms with E-state index in [4.69, 9.17) is 16.9 Å². The Morgan fingerprint density at radius 2 is 2.06 bits per heavy atom. The van der Waals surface area contributed by atoms with E-state index in [1.807, 2.05) is 6.07 Å². The van der Waals surface area contributed by atoms with Gasteiger partial charge in [0.25, 0.3) is 0 Å². The lowest BCUT2D eigenvalue weighted by Crippen LogP contribution is -2.24. The highest BCUT2D eigenvalue weighted by atomic mass is 35.5. The fourth-order valence-corrected chi connectivity index (χ4v) is 1.67. The molecule has 1 aromatic carbocycles. The second-order valence-corrected chi connectivity index (χ2v) is 4.43. The predicted octanol–water partition coefficient (Wildman–Crippen LogP) is 3.60. The van der Waals surface area contributed by atoms with Crippen LogP contribution in [0.4, 0.5) is 13.2 Å². The van der Waals surface area contributed by atoms with Gasteiger partial charge in [0.2, 0.25) is 0 Å². The van der Waals surface area contributed by atoms with Crippen LogP contribution < -0.4 is 0 Å². The third-order valence-electron chi connectivity index (χ3n) is 2.40. The summed E-state index contributed by atoms with van der Waals surface area (Å²) in [5.74, 6) is 0. The number of hydrogen-bond donors (Lipinski definition) is 0. The highest BCUT2D eigenvalue weighted by Gasteiger charge is 2.27. The molecule has 0 radical (unpaired) electrons. The van der Waals surface area contributed by atoms with Crippen LogP contribution in [-0.2, 0) is 6.54 Å². The fourth-order valence-electron chi connectivity index (χ4n) is 1.43. The van der Waals surface area contributed by atoms with Crippen molar-refractivity contribution in [1.29, 1.82) is 5.26 Å². The van der Waals surface area contributed by atoms with E-state index < -0.39 is 12.6 Å². The second kappa shape index (κ2) is 6.07. The molecule has 0 atom stereocenters. The number of benzene rings is 1. The summed E-state index contributed by atoms with van der Waals surface area (Å²) < 4.78 is 36.1. The molecule has 0 fully saturated rings. The van der Waals surface area contributed by atoms with Gasteiger partial charge in [-0.2, -0.15) is 18.4 Å². The van der Waals surface area contributed by atoms with Crippen molar-refractivity contribution in [3.63, 3.8) is 0 Å². The van der Waals surface area contributed by atoms with Crippen LogP contribution >= 0.6 is 11.6 Å². The van der Waals surface area contributed by atoms with Crippen LogP contribution in [0.25, 0.3) is 0 Å². The Bertz CT molecular complexity index is 452. The van der Waals surface area contributed by atoms with E-state index in [9.17, 15) is 13.2 Å². The Hall–Kier alpha value is -1.25. The van der Waals surface area contributed by atoms with E-state index in [1.54, 1.807) is 24.1 Å². The number of nitrogens with zero attached hydrogens (tertiary/aromatic N) is 2. The average molecular weight is 277 g/mol. The SMILES string of the molecule is CN(CCC(F)(F)F)Cc1ccc(C#N)cc1Cl. The van der Waals surface area contributed by atoms with Gasteiger partial charge in [-0.05, 0) is 24.7 Å². The third kappa shape index (κ3) is 4.94. The molecule has 2 nitrogen and oxygen atoms in total. The van der Waals surface area contributed by atoms with Crippen LogP contribution in [0.15, 0.2) is 18.2 Å². The lowest BCUT2D eigenvalue weighted by atomic mass is 10.1. The van der Waals surface area contributed by atoms with Crippen LogP contribution in [0.2, 0.25) is 5.02 Å². The zero-order chi connectivity index (χ0) is 13.8. The van der Waals surface area contributed by atoms with E-state index in [0.29, 0.717) is 22.7 Å². The van der Waals surface area contributed by atoms with Crippen LogP contribution in [0.5, 0.6) is 0 Å². The number of rotatable bonds is 4. The van der Waals surface area contributed by atoms with Gasteiger partial charge in [-0.25, -0.2) is 0 Å². The second-order valence-electron chi connectivity index (χ2n) is 4.02. The van der Waals surface area contributed by atoms with E-state index >= 15 is 0 Å². The maximum absolute atomic E-state index is 12.0. The van der Waals surface area contributed by atoms with Crippen molar-refractivity contribution < 1.29 is 13.2 Å². The van der Waals surface area contributed by atoms with Gasteiger partial charge in [-0.15, -0.1) is 0 Å². The highest BCUT2D eigenvalue weighted by molar-refractivity contribution is 6.31. The highest BCUT2D eigenvalue weighted by Crippen LogP contribution is 2.22. The molecule has 0 heterocycles. The number of nitriles is 1. The summed E-state index contributed by atoms with van der Waals surface area (Å²) in [4.78, 5) is 1.54. The summed E-state index contributed by atoms with van der Waals surface area (Å²) in [6.45, 7) is 0.237. The molecule has 6 heteroatoms. The Balaban J connectivity index is 2.60. The van der Waals surface area contributed by atoms with Gasteiger partial charge in [0.05, 0.1) is 18.1 Å². The Kier molecular flexibility index (Phi) is 5.00. The summed E-state index contributed by atoms with van der Waals surface area (Å²) in [6, 6.07) is 6.71. The molecule has 0 bridgehead atoms. The van der Waals surface area contributed by atoms with Gasteiger partial charge in [-0.1, -0.05) is 17.7 Å². The lowest BCUT2D eigenvalue weighted by Gasteiger charge is -2.18. The summed E-state index contributed by atoms with van der Waals surface area (Å²) in [7, 11) is 1.60. The molecule has 0 aliphatic carbocycles. The molecule has 18 heavy (non-hydrogen) atoms. The normalized spacial score (nSPS) is 11.6. The Morgan fingerprint density at radius 3 is 2.56 bits per heavy atom. The quantitative estimate of drug-likeness (QED) is 0.840. The van der Waals surface area contributed by atoms with E-state index in [0.717, 1.165) is 0 Å². The van der Waals surface area contributed by atoms with Crippen LogP contribution in [0, 0.1) is 11.3 Å². The van der Waals surface area contributed by atoms with Crippen LogP contribution in [0.3, 0.4) is 0 Å². The zero-order valence-corrected chi connectivity index (χ0v) is 10.5. The van der Waals surface area contributed by atoms with Crippen LogP contribution in [0.1, 0.15) is 17.5 Å². The minimum Gasteiger partial charge on any atom is -0.302 e. The third-order valence-corrected chi connectivity index (χ3v) is 2.75. The molecule has 0 spiro atoms. The van der Waals surface area contributed by atoms with Crippen molar-refractivity contribution in [2.75, 3.05) is 13.6 Å². The van der Waals surface area contributed by atoms with Gasteiger partial charge >= 0.3 is 6.18 Å². The molecule has 0 N–H and O–H groups in total. The molecule has 1 rings (SSSR count). The molecule has 0 unspecified atom stereocenters. The first-order valence-electron chi connectivity index (χ1n) is 5.25. The molecule has 0 aromatic heterocycles. The van der Waals surface area contributed by atoms with Crippen LogP contribution in [-0.4, -0.2) is 24.7 Å². The summed E-state index contributed by atoms with van der Waals surface area (Å²) in [5.41, 5.74) is 1.14.